The van der Waals surface area contributed by atoms with E-state index >= 15 is 4.39 Å². The molecule has 0 aromatic carbocycles. The molecule has 4 rings (SSSR count). The van der Waals surface area contributed by atoms with Gasteiger partial charge in [0.15, 0.2) is 18.1 Å². The van der Waals surface area contributed by atoms with Crippen molar-refractivity contribution < 1.29 is 33.7 Å². The number of hydrogen-bond donors (Lipinski definition) is 2. The van der Waals surface area contributed by atoms with Gasteiger partial charge in [0, 0.05) is 23.7 Å². The summed E-state index contributed by atoms with van der Waals surface area (Å²) in [5.74, 6) is -2.80. The maximum absolute atomic E-state index is 17.0. The van der Waals surface area contributed by atoms with E-state index in [9.17, 15) is 24.6 Å². The van der Waals surface area contributed by atoms with Crippen LogP contribution in [0.25, 0.3) is 0 Å². The van der Waals surface area contributed by atoms with E-state index in [2.05, 4.69) is 0 Å². The zero-order valence-electron chi connectivity index (χ0n) is 18.5. The summed E-state index contributed by atoms with van der Waals surface area (Å²) >= 11 is 0. The number of ketones is 2. The Morgan fingerprint density at radius 3 is 2.61 bits per heavy atom. The number of halogens is 1. The van der Waals surface area contributed by atoms with Gasteiger partial charge in [0.2, 0.25) is 5.78 Å². The van der Waals surface area contributed by atoms with E-state index in [1.54, 1.807) is 26.8 Å². The second-order valence-electron chi connectivity index (χ2n) is 10.4. The first-order valence-electron chi connectivity index (χ1n) is 11.0. The molecule has 0 radical (unpaired) electrons. The molecule has 2 N–H and O–H groups in total. The fourth-order valence-corrected chi connectivity index (χ4v) is 7.42. The highest BCUT2D eigenvalue weighted by molar-refractivity contribution is 6.01. The molecule has 0 spiro atoms. The molecule has 0 aromatic rings. The number of hydrogen-bond acceptors (Lipinski definition) is 6. The predicted octanol–water partition coefficient (Wildman–Crippen LogP) is 2.47. The van der Waals surface area contributed by atoms with Crippen LogP contribution in [-0.2, 0) is 19.1 Å². The minimum Gasteiger partial charge on any atom is -0.458 e. The molecule has 4 aliphatic rings. The summed E-state index contributed by atoms with van der Waals surface area (Å²) in [4.78, 5) is 36.2. The second kappa shape index (κ2) is 6.82. The van der Waals surface area contributed by atoms with Gasteiger partial charge in [0.05, 0.1) is 6.10 Å². The van der Waals surface area contributed by atoms with Crippen molar-refractivity contribution in [2.75, 3.05) is 6.61 Å². The minimum absolute atomic E-state index is 0.0953. The summed E-state index contributed by atoms with van der Waals surface area (Å²) in [6.45, 7) is 5.89. The highest BCUT2D eigenvalue weighted by atomic mass is 19.1. The Morgan fingerprint density at radius 2 is 1.97 bits per heavy atom. The number of Topliss-reactive ketones (excluding diaryl/α,β-unsaturated/α-hetero) is 1. The van der Waals surface area contributed by atoms with Gasteiger partial charge in [-0.3, -0.25) is 14.4 Å². The molecule has 0 bridgehead atoms. The third kappa shape index (κ3) is 2.65. The van der Waals surface area contributed by atoms with Gasteiger partial charge < -0.3 is 14.9 Å². The van der Waals surface area contributed by atoms with Gasteiger partial charge in [-0.25, -0.2) is 4.39 Å². The lowest BCUT2D eigenvalue weighted by Gasteiger charge is -2.62. The number of carbonyl (C=O) groups excluding carboxylic acids is 3. The third-order valence-corrected chi connectivity index (χ3v) is 9.05. The molecular weight excluding hydrogens is 403 g/mol. The van der Waals surface area contributed by atoms with Crippen molar-refractivity contribution in [1.82, 2.24) is 0 Å². The standard InChI is InChI=1S/C24H31FO6/c1-13-9-18-17-6-5-15-10-16(27)7-8-21(15,3)23(17,25)19(28)11-22(18,4)24(13,30)20(29)12-31-14(2)26/h7-8,10,13,17-19,28,30H,5-6,9,11-12H2,1-4H3/t13-,17+,18+,19-,21-,22-,23+,24+/m0/s1. The van der Waals surface area contributed by atoms with Crippen LogP contribution in [0.2, 0.25) is 0 Å². The molecule has 3 fully saturated rings. The molecule has 3 saturated carbocycles. The SMILES string of the molecule is CC(=O)OCC(=O)[C@]1(O)[C@@H](C)C[C@@H]2[C@H]3CCC4=CC(=O)C=C[C@]4(C)[C@]3(F)[C@@H](O)C[C@@]21C. The zero-order valence-corrected chi connectivity index (χ0v) is 18.5. The number of ether oxygens (including phenoxy) is 1. The maximum Gasteiger partial charge on any atom is 0.303 e. The van der Waals surface area contributed by atoms with Crippen LogP contribution in [0.1, 0.15) is 53.4 Å². The van der Waals surface area contributed by atoms with Gasteiger partial charge in [0.1, 0.15) is 5.60 Å². The first kappa shape index (κ1) is 22.3. The Morgan fingerprint density at radius 1 is 1.29 bits per heavy atom. The van der Waals surface area contributed by atoms with Crippen LogP contribution in [0.5, 0.6) is 0 Å². The minimum atomic E-state index is -2.01. The Kier molecular flexibility index (Phi) is 4.91. The van der Waals surface area contributed by atoms with Crippen LogP contribution in [0.4, 0.5) is 4.39 Å². The van der Waals surface area contributed by atoms with Gasteiger partial charge in [-0.2, -0.15) is 0 Å². The van der Waals surface area contributed by atoms with Crippen LogP contribution in [-0.4, -0.2) is 51.7 Å². The topological polar surface area (TPSA) is 101 Å². The molecule has 0 unspecified atom stereocenters. The predicted molar refractivity (Wildman–Crippen MR) is 109 cm³/mol. The van der Waals surface area contributed by atoms with E-state index in [0.29, 0.717) is 24.8 Å². The molecule has 4 aliphatic carbocycles. The van der Waals surface area contributed by atoms with E-state index in [1.165, 1.54) is 19.1 Å². The van der Waals surface area contributed by atoms with Gasteiger partial charge in [-0.1, -0.05) is 25.5 Å². The Hall–Kier alpha value is -1.86. The molecular formula is C24H31FO6. The highest BCUT2D eigenvalue weighted by Crippen LogP contribution is 2.70. The second-order valence-corrected chi connectivity index (χ2v) is 10.4. The van der Waals surface area contributed by atoms with E-state index in [0.717, 1.165) is 0 Å². The third-order valence-electron chi connectivity index (χ3n) is 9.05. The number of esters is 1. The highest BCUT2D eigenvalue weighted by Gasteiger charge is 2.75. The average Bonchev–Trinajstić information content (AvgIpc) is 2.89. The number of rotatable bonds is 3. The molecule has 31 heavy (non-hydrogen) atoms. The van der Waals surface area contributed by atoms with Crippen LogP contribution in [0.3, 0.4) is 0 Å². The van der Waals surface area contributed by atoms with Crippen molar-refractivity contribution in [1.29, 1.82) is 0 Å². The van der Waals surface area contributed by atoms with E-state index < -0.39 is 58.4 Å². The van der Waals surface area contributed by atoms with Gasteiger partial charge in [-0.15, -0.1) is 0 Å². The van der Waals surface area contributed by atoms with Gasteiger partial charge in [-0.05, 0) is 56.6 Å². The van der Waals surface area contributed by atoms with E-state index in [1.807, 2.05) is 0 Å². The largest absolute Gasteiger partial charge is 0.458 e. The molecule has 8 atom stereocenters. The van der Waals surface area contributed by atoms with Crippen LogP contribution >= 0.6 is 0 Å². The van der Waals surface area contributed by atoms with Crippen LogP contribution in [0.15, 0.2) is 23.8 Å². The van der Waals surface area contributed by atoms with E-state index in [-0.39, 0.29) is 18.1 Å². The molecule has 0 aromatic heterocycles. The fraction of sp³-hybridized carbons (Fsp3) is 0.708. The first-order chi connectivity index (χ1) is 14.3. The van der Waals surface area contributed by atoms with Crippen molar-refractivity contribution in [3.8, 4) is 0 Å². The number of carbonyl (C=O) groups is 3. The summed E-state index contributed by atoms with van der Waals surface area (Å²) in [6.07, 6.45) is 4.29. The normalized spacial score (nSPS) is 48.4. The Bertz CT molecular complexity index is 910. The Balaban J connectivity index is 1.76. The van der Waals surface area contributed by atoms with Gasteiger partial charge >= 0.3 is 5.97 Å². The number of aliphatic hydroxyl groups is 2. The van der Waals surface area contributed by atoms with E-state index in [4.69, 9.17) is 4.74 Å². The van der Waals surface area contributed by atoms with Crippen LogP contribution in [0, 0.1) is 28.6 Å². The van der Waals surface area contributed by atoms with Gasteiger partial charge in [0.25, 0.3) is 0 Å². The molecule has 7 heteroatoms. The van der Waals surface area contributed by atoms with Crippen molar-refractivity contribution in [3.05, 3.63) is 23.8 Å². The number of alkyl halides is 1. The monoisotopic (exact) mass is 434 g/mol. The Labute approximate surface area is 181 Å². The molecule has 0 amide bonds. The summed E-state index contributed by atoms with van der Waals surface area (Å²) in [7, 11) is 0. The quantitative estimate of drug-likeness (QED) is 0.662. The lowest BCUT2D eigenvalue weighted by molar-refractivity contribution is -0.219. The van der Waals surface area contributed by atoms with Crippen molar-refractivity contribution in [3.63, 3.8) is 0 Å². The molecule has 0 aliphatic heterocycles. The molecule has 0 saturated heterocycles. The fourth-order valence-electron chi connectivity index (χ4n) is 7.42. The van der Waals surface area contributed by atoms with Crippen molar-refractivity contribution >= 4 is 17.5 Å². The van der Waals surface area contributed by atoms with Crippen LogP contribution < -0.4 is 0 Å². The number of fused-ring (bicyclic) bond motifs is 5. The molecule has 0 heterocycles. The van der Waals surface area contributed by atoms with Crippen molar-refractivity contribution in [2.24, 2.45) is 28.6 Å². The lowest BCUT2D eigenvalue weighted by Crippen LogP contribution is -2.69. The first-order valence-corrected chi connectivity index (χ1v) is 11.0. The lowest BCUT2D eigenvalue weighted by atomic mass is 9.44. The number of aliphatic hydroxyl groups excluding tert-OH is 1. The summed E-state index contributed by atoms with van der Waals surface area (Å²) in [5.41, 5.74) is -5.33. The molecule has 6 nitrogen and oxygen atoms in total. The summed E-state index contributed by atoms with van der Waals surface area (Å²) in [5, 5.41) is 22.9. The maximum atomic E-state index is 17.0. The number of allylic oxidation sites excluding steroid dienone is 4. The smallest absolute Gasteiger partial charge is 0.303 e. The summed E-state index contributed by atoms with van der Waals surface area (Å²) < 4.78 is 21.9. The zero-order chi connectivity index (χ0) is 23.0. The molecule has 170 valence electrons. The summed E-state index contributed by atoms with van der Waals surface area (Å²) in [6, 6.07) is 0. The average molecular weight is 435 g/mol. The van der Waals surface area contributed by atoms with Crippen molar-refractivity contribution in [2.45, 2.75) is 70.8 Å².